The molecule has 0 saturated carbocycles. The Hall–Kier alpha value is -3.55. The summed E-state index contributed by atoms with van der Waals surface area (Å²) < 4.78 is 8.28. The van der Waals surface area contributed by atoms with E-state index in [2.05, 4.69) is 41.5 Å². The lowest BCUT2D eigenvalue weighted by Gasteiger charge is -2.32. The average molecular weight is 442 g/mol. The standard InChI is InChI=1S/C26H27N5O2/c1-17-10-11-31-23(18(2)28-25(31)14-17)15-30-12-13-33-24(16-30)22-5-3-4-21(29-22)19-6-8-20(9-7-19)26(27)32/h3-11,14,24H,12-13,15-16H2,1-2H3,(H2,27,32). The molecule has 7 heteroatoms. The average Bonchev–Trinajstić information content (AvgIpc) is 3.13. The monoisotopic (exact) mass is 441 g/mol. The predicted octanol–water partition coefficient (Wildman–Crippen LogP) is 3.69. The van der Waals surface area contributed by atoms with Gasteiger partial charge in [0.1, 0.15) is 11.8 Å². The molecule has 168 valence electrons. The van der Waals surface area contributed by atoms with Crippen LogP contribution in [-0.4, -0.2) is 44.9 Å². The number of benzene rings is 1. The number of hydrogen-bond donors (Lipinski definition) is 1. The molecule has 1 amide bonds. The molecule has 7 nitrogen and oxygen atoms in total. The van der Waals surface area contributed by atoms with Crippen molar-refractivity contribution in [3.8, 4) is 11.3 Å². The number of ether oxygens (including phenoxy) is 1. The van der Waals surface area contributed by atoms with Crippen LogP contribution >= 0.6 is 0 Å². The minimum atomic E-state index is -0.435. The van der Waals surface area contributed by atoms with Crippen LogP contribution in [0.4, 0.5) is 0 Å². The van der Waals surface area contributed by atoms with Gasteiger partial charge in [-0.3, -0.25) is 14.7 Å². The molecule has 0 spiro atoms. The van der Waals surface area contributed by atoms with Crippen molar-refractivity contribution in [3.05, 3.63) is 89.0 Å². The predicted molar refractivity (Wildman–Crippen MR) is 127 cm³/mol. The summed E-state index contributed by atoms with van der Waals surface area (Å²) in [5.74, 6) is -0.435. The van der Waals surface area contributed by atoms with E-state index in [0.29, 0.717) is 12.2 Å². The second-order valence-corrected chi connectivity index (χ2v) is 8.56. The lowest BCUT2D eigenvalue weighted by atomic mass is 10.1. The molecule has 0 aliphatic carbocycles. The molecule has 33 heavy (non-hydrogen) atoms. The molecular formula is C26H27N5O2. The highest BCUT2D eigenvalue weighted by atomic mass is 16.5. The van der Waals surface area contributed by atoms with Gasteiger partial charge in [-0.2, -0.15) is 0 Å². The fourth-order valence-electron chi connectivity index (χ4n) is 4.34. The molecule has 0 bridgehead atoms. The van der Waals surface area contributed by atoms with E-state index in [1.165, 1.54) is 11.3 Å². The first-order valence-corrected chi connectivity index (χ1v) is 11.1. The smallest absolute Gasteiger partial charge is 0.248 e. The lowest BCUT2D eigenvalue weighted by molar-refractivity contribution is -0.0354. The summed E-state index contributed by atoms with van der Waals surface area (Å²) in [7, 11) is 0. The van der Waals surface area contributed by atoms with Gasteiger partial charge < -0.3 is 14.9 Å². The van der Waals surface area contributed by atoms with Gasteiger partial charge in [0.05, 0.1) is 29.4 Å². The summed E-state index contributed by atoms with van der Waals surface area (Å²) in [4.78, 5) is 23.4. The Kier molecular flexibility index (Phi) is 5.66. The van der Waals surface area contributed by atoms with Crippen LogP contribution in [0.1, 0.15) is 39.1 Å². The van der Waals surface area contributed by atoms with E-state index in [1.807, 2.05) is 30.3 Å². The summed E-state index contributed by atoms with van der Waals surface area (Å²) >= 11 is 0. The SMILES string of the molecule is Cc1ccn2c(CN3CCOC(c4cccc(-c5ccc(C(N)=O)cc5)n4)C3)c(C)nc2c1. The summed E-state index contributed by atoms with van der Waals surface area (Å²) in [5, 5.41) is 0. The van der Waals surface area contributed by atoms with Gasteiger partial charge in [0.25, 0.3) is 0 Å². The zero-order valence-electron chi connectivity index (χ0n) is 18.9. The maximum Gasteiger partial charge on any atom is 0.248 e. The first-order valence-electron chi connectivity index (χ1n) is 11.1. The van der Waals surface area contributed by atoms with E-state index in [0.717, 1.165) is 47.9 Å². The molecule has 5 rings (SSSR count). The number of amides is 1. The molecule has 1 aliphatic rings. The van der Waals surface area contributed by atoms with Gasteiger partial charge in [0.15, 0.2) is 0 Å². The number of rotatable bonds is 5. The number of nitrogens with zero attached hydrogens (tertiary/aromatic N) is 4. The fourth-order valence-corrected chi connectivity index (χ4v) is 4.34. The maximum atomic E-state index is 11.3. The van der Waals surface area contributed by atoms with Gasteiger partial charge in [-0.1, -0.05) is 18.2 Å². The number of fused-ring (bicyclic) bond motifs is 1. The Bertz CT molecular complexity index is 1310. The van der Waals surface area contributed by atoms with E-state index < -0.39 is 5.91 Å². The van der Waals surface area contributed by atoms with Gasteiger partial charge >= 0.3 is 0 Å². The van der Waals surface area contributed by atoms with Crippen LogP contribution < -0.4 is 5.73 Å². The number of morpholine rings is 1. The Morgan fingerprint density at radius 3 is 2.73 bits per heavy atom. The molecule has 3 aromatic heterocycles. The summed E-state index contributed by atoms with van der Waals surface area (Å²) in [5.41, 5.74) is 13.0. The first-order chi connectivity index (χ1) is 16.0. The number of aromatic nitrogens is 3. The van der Waals surface area contributed by atoms with Gasteiger partial charge in [-0.05, 0) is 55.8 Å². The van der Waals surface area contributed by atoms with Crippen molar-refractivity contribution in [2.24, 2.45) is 5.73 Å². The zero-order valence-corrected chi connectivity index (χ0v) is 18.9. The topological polar surface area (TPSA) is 85.8 Å². The van der Waals surface area contributed by atoms with Crippen molar-refractivity contribution in [1.82, 2.24) is 19.3 Å². The third kappa shape index (κ3) is 4.37. The molecular weight excluding hydrogens is 414 g/mol. The van der Waals surface area contributed by atoms with Crippen molar-refractivity contribution >= 4 is 11.6 Å². The van der Waals surface area contributed by atoms with Crippen LogP contribution in [0.5, 0.6) is 0 Å². The zero-order chi connectivity index (χ0) is 22.9. The van der Waals surface area contributed by atoms with Gasteiger partial charge in [0, 0.05) is 37.0 Å². The van der Waals surface area contributed by atoms with E-state index in [1.54, 1.807) is 12.1 Å². The highest BCUT2D eigenvalue weighted by molar-refractivity contribution is 5.93. The molecule has 1 fully saturated rings. The van der Waals surface area contributed by atoms with Crippen LogP contribution in [0.25, 0.3) is 16.9 Å². The Morgan fingerprint density at radius 1 is 1.12 bits per heavy atom. The van der Waals surface area contributed by atoms with Crippen molar-refractivity contribution in [3.63, 3.8) is 0 Å². The van der Waals surface area contributed by atoms with E-state index in [-0.39, 0.29) is 6.10 Å². The molecule has 1 aliphatic heterocycles. The molecule has 1 aromatic carbocycles. The normalized spacial score (nSPS) is 16.8. The van der Waals surface area contributed by atoms with Gasteiger partial charge in [-0.25, -0.2) is 4.98 Å². The Morgan fingerprint density at radius 2 is 1.94 bits per heavy atom. The van der Waals surface area contributed by atoms with Crippen molar-refractivity contribution in [2.75, 3.05) is 19.7 Å². The maximum absolute atomic E-state index is 11.3. The number of aryl methyl sites for hydroxylation is 2. The van der Waals surface area contributed by atoms with Crippen LogP contribution in [-0.2, 0) is 11.3 Å². The number of nitrogens with two attached hydrogens (primary N) is 1. The summed E-state index contributed by atoms with van der Waals surface area (Å²) in [6, 6.07) is 17.4. The Labute approximate surface area is 192 Å². The number of primary amides is 1. The summed E-state index contributed by atoms with van der Waals surface area (Å²) in [6.07, 6.45) is 2.00. The van der Waals surface area contributed by atoms with E-state index in [4.69, 9.17) is 20.4 Å². The van der Waals surface area contributed by atoms with Crippen LogP contribution in [0, 0.1) is 13.8 Å². The minimum absolute atomic E-state index is 0.106. The van der Waals surface area contributed by atoms with Crippen LogP contribution in [0.3, 0.4) is 0 Å². The number of carbonyl (C=O) groups excluding carboxylic acids is 1. The first kappa shape index (κ1) is 21.3. The highest BCUT2D eigenvalue weighted by Crippen LogP contribution is 2.26. The molecule has 4 aromatic rings. The van der Waals surface area contributed by atoms with Crippen LogP contribution in [0.15, 0.2) is 60.8 Å². The van der Waals surface area contributed by atoms with E-state index >= 15 is 0 Å². The molecule has 1 atom stereocenters. The number of carbonyl (C=O) groups is 1. The van der Waals surface area contributed by atoms with Crippen molar-refractivity contribution in [2.45, 2.75) is 26.5 Å². The highest BCUT2D eigenvalue weighted by Gasteiger charge is 2.25. The van der Waals surface area contributed by atoms with Crippen LogP contribution in [0.2, 0.25) is 0 Å². The second-order valence-electron chi connectivity index (χ2n) is 8.56. The number of hydrogen-bond acceptors (Lipinski definition) is 5. The molecule has 2 N–H and O–H groups in total. The van der Waals surface area contributed by atoms with E-state index in [9.17, 15) is 4.79 Å². The van der Waals surface area contributed by atoms with Gasteiger partial charge in [0.2, 0.25) is 5.91 Å². The number of pyridine rings is 2. The van der Waals surface area contributed by atoms with Gasteiger partial charge in [-0.15, -0.1) is 0 Å². The lowest BCUT2D eigenvalue weighted by Crippen LogP contribution is -2.38. The van der Waals surface area contributed by atoms with Crippen molar-refractivity contribution < 1.29 is 9.53 Å². The fraction of sp³-hybridized carbons (Fsp3) is 0.269. The molecule has 4 heterocycles. The molecule has 0 radical (unpaired) electrons. The quantitative estimate of drug-likeness (QED) is 0.511. The Balaban J connectivity index is 1.35. The molecule has 1 saturated heterocycles. The van der Waals surface area contributed by atoms with Crippen molar-refractivity contribution in [1.29, 1.82) is 0 Å². The summed E-state index contributed by atoms with van der Waals surface area (Å²) in [6.45, 7) is 7.25. The molecule has 1 unspecified atom stereocenters. The number of imidazole rings is 1. The minimum Gasteiger partial charge on any atom is -0.369 e. The third-order valence-corrected chi connectivity index (χ3v) is 6.17. The third-order valence-electron chi connectivity index (χ3n) is 6.17. The second kappa shape index (κ2) is 8.77. The largest absolute Gasteiger partial charge is 0.369 e.